The first-order valence-electron chi connectivity index (χ1n) is 10.2. The molecule has 0 unspecified atom stereocenters. The first-order chi connectivity index (χ1) is 14.5. The molecule has 1 aromatic heterocycles. The molecule has 0 amide bonds. The van der Waals surface area contributed by atoms with Crippen LogP contribution in [0.3, 0.4) is 0 Å². The third-order valence-corrected chi connectivity index (χ3v) is 5.50. The number of quaternary nitrogens is 1. The molecule has 0 spiro atoms. The molecule has 0 aliphatic heterocycles. The SMILES string of the molecule is CCc1ccc([C@H]([NH2+][C@H](C)c2nc3ccccc3c(=O)[nH]2)c2cccc(F)c2)cc1. The molecule has 0 bridgehead atoms. The zero-order chi connectivity index (χ0) is 21.1. The maximum absolute atomic E-state index is 14.0. The second-order valence-corrected chi connectivity index (χ2v) is 7.58. The van der Waals surface area contributed by atoms with Gasteiger partial charge in [0.1, 0.15) is 17.9 Å². The summed E-state index contributed by atoms with van der Waals surface area (Å²) in [6, 6.07) is 22.1. The van der Waals surface area contributed by atoms with Crippen molar-refractivity contribution >= 4 is 10.9 Å². The lowest BCUT2D eigenvalue weighted by Crippen LogP contribution is -2.86. The number of halogens is 1. The summed E-state index contributed by atoms with van der Waals surface area (Å²) in [5.41, 5.74) is 3.73. The maximum Gasteiger partial charge on any atom is 0.258 e. The molecule has 0 fully saturated rings. The standard InChI is InChI=1S/C25H24FN3O/c1-3-17-11-13-18(14-12-17)23(19-7-6-8-20(26)15-19)27-16(2)24-28-22-10-5-4-9-21(22)25(30)29-24/h4-16,23,27H,3H2,1-2H3,(H,28,29,30)/p+1/t16-,23+/m1/s1. The predicted octanol–water partition coefficient (Wildman–Crippen LogP) is 4.04. The Morgan fingerprint density at radius 2 is 1.77 bits per heavy atom. The van der Waals surface area contributed by atoms with E-state index in [1.807, 2.05) is 31.2 Å². The van der Waals surface area contributed by atoms with Gasteiger partial charge < -0.3 is 10.3 Å². The summed E-state index contributed by atoms with van der Waals surface area (Å²) in [7, 11) is 0. The van der Waals surface area contributed by atoms with Crippen molar-refractivity contribution in [3.63, 3.8) is 0 Å². The number of aromatic nitrogens is 2. The van der Waals surface area contributed by atoms with E-state index in [2.05, 4.69) is 46.5 Å². The van der Waals surface area contributed by atoms with Gasteiger partial charge in [-0.1, -0.05) is 55.5 Å². The molecule has 3 N–H and O–H groups in total. The number of para-hydroxylation sites is 1. The van der Waals surface area contributed by atoms with E-state index in [0.29, 0.717) is 16.7 Å². The van der Waals surface area contributed by atoms with Gasteiger partial charge in [-0.05, 0) is 43.2 Å². The fourth-order valence-electron chi connectivity index (χ4n) is 3.78. The van der Waals surface area contributed by atoms with Crippen LogP contribution in [-0.4, -0.2) is 9.97 Å². The van der Waals surface area contributed by atoms with Crippen LogP contribution >= 0.6 is 0 Å². The highest BCUT2D eigenvalue weighted by atomic mass is 19.1. The minimum atomic E-state index is -0.263. The average molecular weight is 402 g/mol. The molecule has 1 heterocycles. The van der Waals surface area contributed by atoms with E-state index in [0.717, 1.165) is 17.5 Å². The molecule has 30 heavy (non-hydrogen) atoms. The van der Waals surface area contributed by atoms with E-state index in [4.69, 9.17) is 0 Å². The van der Waals surface area contributed by atoms with Gasteiger partial charge in [0.2, 0.25) is 0 Å². The van der Waals surface area contributed by atoms with E-state index >= 15 is 0 Å². The van der Waals surface area contributed by atoms with Crippen molar-refractivity contribution in [1.29, 1.82) is 0 Å². The number of hydrogen-bond donors (Lipinski definition) is 2. The Labute approximate surface area is 174 Å². The predicted molar refractivity (Wildman–Crippen MR) is 117 cm³/mol. The molecule has 0 saturated heterocycles. The van der Waals surface area contributed by atoms with Crippen LogP contribution in [0.1, 0.15) is 48.4 Å². The molecule has 2 atom stereocenters. The zero-order valence-electron chi connectivity index (χ0n) is 17.1. The summed E-state index contributed by atoms with van der Waals surface area (Å²) in [5.74, 6) is 0.339. The third kappa shape index (κ3) is 4.16. The van der Waals surface area contributed by atoms with Gasteiger partial charge >= 0.3 is 0 Å². The fourth-order valence-corrected chi connectivity index (χ4v) is 3.78. The summed E-state index contributed by atoms with van der Waals surface area (Å²) < 4.78 is 14.0. The van der Waals surface area contributed by atoms with Crippen LogP contribution in [0, 0.1) is 5.82 Å². The van der Waals surface area contributed by atoms with Crippen LogP contribution in [0.15, 0.2) is 77.6 Å². The molecule has 0 saturated carbocycles. The lowest BCUT2D eigenvalue weighted by Gasteiger charge is -2.21. The highest BCUT2D eigenvalue weighted by Gasteiger charge is 2.23. The number of hydrogen-bond acceptors (Lipinski definition) is 2. The minimum Gasteiger partial charge on any atom is -0.328 e. The number of H-pyrrole nitrogens is 1. The molecule has 4 aromatic rings. The topological polar surface area (TPSA) is 62.4 Å². The van der Waals surface area contributed by atoms with E-state index in [1.54, 1.807) is 18.2 Å². The number of aryl methyl sites for hydroxylation is 1. The quantitative estimate of drug-likeness (QED) is 0.511. The van der Waals surface area contributed by atoms with Gasteiger partial charge in [-0.2, -0.15) is 0 Å². The normalized spacial score (nSPS) is 13.3. The van der Waals surface area contributed by atoms with Gasteiger partial charge in [0.15, 0.2) is 5.82 Å². The number of nitrogens with zero attached hydrogens (tertiary/aromatic N) is 1. The number of nitrogens with two attached hydrogens (primary N) is 1. The summed E-state index contributed by atoms with van der Waals surface area (Å²) in [4.78, 5) is 20.1. The second-order valence-electron chi connectivity index (χ2n) is 7.58. The van der Waals surface area contributed by atoms with E-state index in [1.165, 1.54) is 11.6 Å². The van der Waals surface area contributed by atoms with Crippen LogP contribution in [0.4, 0.5) is 4.39 Å². The number of benzene rings is 3. The van der Waals surface area contributed by atoms with Gasteiger partial charge in [-0.15, -0.1) is 0 Å². The van der Waals surface area contributed by atoms with E-state index in [9.17, 15) is 9.18 Å². The monoisotopic (exact) mass is 402 g/mol. The van der Waals surface area contributed by atoms with Crippen LogP contribution < -0.4 is 10.9 Å². The molecular weight excluding hydrogens is 377 g/mol. The Kier molecular flexibility index (Phi) is 5.72. The van der Waals surface area contributed by atoms with Crippen LogP contribution in [-0.2, 0) is 6.42 Å². The highest BCUT2D eigenvalue weighted by molar-refractivity contribution is 5.77. The maximum atomic E-state index is 14.0. The van der Waals surface area contributed by atoms with Crippen molar-refractivity contribution in [2.75, 3.05) is 0 Å². The Bertz CT molecular complexity index is 1220. The smallest absolute Gasteiger partial charge is 0.258 e. The van der Waals surface area contributed by atoms with Crippen molar-refractivity contribution in [2.24, 2.45) is 0 Å². The first-order valence-corrected chi connectivity index (χ1v) is 10.2. The van der Waals surface area contributed by atoms with Gasteiger partial charge in [0.25, 0.3) is 5.56 Å². The number of fused-ring (bicyclic) bond motifs is 1. The Morgan fingerprint density at radius 1 is 1.00 bits per heavy atom. The summed E-state index contributed by atoms with van der Waals surface area (Å²) in [5, 5.41) is 2.69. The van der Waals surface area contributed by atoms with Crippen molar-refractivity contribution < 1.29 is 9.71 Å². The van der Waals surface area contributed by atoms with Gasteiger partial charge in [0.05, 0.1) is 10.9 Å². The van der Waals surface area contributed by atoms with Crippen LogP contribution in [0.2, 0.25) is 0 Å². The van der Waals surface area contributed by atoms with Crippen LogP contribution in [0.5, 0.6) is 0 Å². The van der Waals surface area contributed by atoms with Crippen LogP contribution in [0.25, 0.3) is 10.9 Å². The molecule has 3 aromatic carbocycles. The first kappa shape index (κ1) is 20.0. The number of rotatable bonds is 6. The minimum absolute atomic E-state index is 0.127. The molecule has 5 heteroatoms. The van der Waals surface area contributed by atoms with Crippen molar-refractivity contribution in [2.45, 2.75) is 32.4 Å². The van der Waals surface area contributed by atoms with E-state index in [-0.39, 0.29) is 23.5 Å². The third-order valence-electron chi connectivity index (χ3n) is 5.50. The molecular formula is C25H25FN3O+. The van der Waals surface area contributed by atoms with E-state index < -0.39 is 0 Å². The second kappa shape index (κ2) is 8.59. The summed E-state index contributed by atoms with van der Waals surface area (Å²) in [6.07, 6.45) is 0.966. The summed E-state index contributed by atoms with van der Waals surface area (Å²) in [6.45, 7) is 4.12. The number of nitrogens with one attached hydrogen (secondary N) is 1. The molecule has 0 radical (unpaired) electrons. The molecule has 0 aliphatic carbocycles. The number of aromatic amines is 1. The van der Waals surface area contributed by atoms with Gasteiger partial charge in [0, 0.05) is 11.1 Å². The molecule has 152 valence electrons. The lowest BCUT2D eigenvalue weighted by molar-refractivity contribution is -0.724. The van der Waals surface area contributed by atoms with Crippen molar-refractivity contribution in [3.05, 3.63) is 111 Å². The van der Waals surface area contributed by atoms with Crippen molar-refractivity contribution in [1.82, 2.24) is 9.97 Å². The fraction of sp³-hybridized carbons (Fsp3) is 0.200. The van der Waals surface area contributed by atoms with Crippen molar-refractivity contribution in [3.8, 4) is 0 Å². The Hall–Kier alpha value is -3.31. The Morgan fingerprint density at radius 3 is 2.50 bits per heavy atom. The highest BCUT2D eigenvalue weighted by Crippen LogP contribution is 2.21. The largest absolute Gasteiger partial charge is 0.328 e. The molecule has 4 rings (SSSR count). The average Bonchev–Trinajstić information content (AvgIpc) is 2.77. The molecule has 4 nitrogen and oxygen atoms in total. The lowest BCUT2D eigenvalue weighted by atomic mass is 9.96. The van der Waals surface area contributed by atoms with Gasteiger partial charge in [-0.3, -0.25) is 4.79 Å². The zero-order valence-corrected chi connectivity index (χ0v) is 17.1. The van der Waals surface area contributed by atoms with Gasteiger partial charge in [-0.25, -0.2) is 9.37 Å². The Balaban J connectivity index is 1.71. The molecule has 0 aliphatic rings. The summed E-state index contributed by atoms with van der Waals surface area (Å²) >= 11 is 0.